The molecule has 5 rings (SSSR count). The number of aromatic nitrogens is 1. The molecule has 34 heavy (non-hydrogen) atoms. The third kappa shape index (κ3) is 4.06. The summed E-state index contributed by atoms with van der Waals surface area (Å²) in [5.41, 5.74) is 1.94. The van der Waals surface area contributed by atoms with Gasteiger partial charge in [-0.15, -0.1) is 0 Å². The van der Waals surface area contributed by atoms with E-state index in [1.165, 1.54) is 6.08 Å². The predicted octanol–water partition coefficient (Wildman–Crippen LogP) is 4.39. The second kappa shape index (κ2) is 9.07. The van der Waals surface area contributed by atoms with Crippen molar-refractivity contribution < 1.29 is 19.1 Å². The van der Waals surface area contributed by atoms with E-state index in [1.54, 1.807) is 30.3 Å². The largest absolute Gasteiger partial charge is 0.492 e. The molecule has 1 aliphatic heterocycles. The molecule has 1 aliphatic rings. The number of carbonyl (C=O) groups is 3. The number of carbonyl (C=O) groups excluding carboxylic acids is 3. The Balaban J connectivity index is 1.46. The summed E-state index contributed by atoms with van der Waals surface area (Å²) < 4.78 is 7.85. The van der Waals surface area contributed by atoms with Crippen molar-refractivity contribution in [3.8, 4) is 5.75 Å². The number of hydrogen-bond donors (Lipinski definition) is 1. The molecule has 0 saturated carbocycles. The summed E-state index contributed by atoms with van der Waals surface area (Å²) in [4.78, 5) is 39.1. The van der Waals surface area contributed by atoms with E-state index in [0.717, 1.165) is 21.6 Å². The molecule has 1 N–H and O–H groups in total. The van der Waals surface area contributed by atoms with Gasteiger partial charge in [0.15, 0.2) is 0 Å². The summed E-state index contributed by atoms with van der Waals surface area (Å²) in [5, 5.41) is 3.16. The highest BCUT2D eigenvalue weighted by Crippen LogP contribution is 2.26. The predicted molar refractivity (Wildman–Crippen MR) is 129 cm³/mol. The lowest BCUT2D eigenvalue weighted by molar-refractivity contribution is -0.122. The van der Waals surface area contributed by atoms with Gasteiger partial charge in [-0.2, -0.15) is 0 Å². The van der Waals surface area contributed by atoms with E-state index in [-0.39, 0.29) is 5.57 Å². The maximum absolute atomic E-state index is 13.2. The van der Waals surface area contributed by atoms with Gasteiger partial charge in [-0.05, 0) is 36.4 Å². The number of anilines is 1. The first kappa shape index (κ1) is 21.2. The Bertz CT molecular complexity index is 1410. The van der Waals surface area contributed by atoms with Gasteiger partial charge >= 0.3 is 6.03 Å². The maximum Gasteiger partial charge on any atom is 0.335 e. The van der Waals surface area contributed by atoms with Crippen LogP contribution < -0.4 is 15.0 Å². The second-order valence-electron chi connectivity index (χ2n) is 7.75. The first-order valence-electron chi connectivity index (χ1n) is 10.8. The summed E-state index contributed by atoms with van der Waals surface area (Å²) in [6.45, 7) is 1.03. The van der Waals surface area contributed by atoms with Crippen molar-refractivity contribution in [3.63, 3.8) is 0 Å². The number of barbiturate groups is 1. The van der Waals surface area contributed by atoms with Crippen LogP contribution in [0.3, 0.4) is 0 Å². The van der Waals surface area contributed by atoms with Gasteiger partial charge in [0, 0.05) is 22.7 Å². The Hall–Kier alpha value is -4.65. The molecule has 0 unspecified atom stereocenters. The van der Waals surface area contributed by atoms with E-state index in [1.807, 2.05) is 65.4 Å². The first-order valence-corrected chi connectivity index (χ1v) is 10.8. The minimum Gasteiger partial charge on any atom is -0.492 e. The van der Waals surface area contributed by atoms with Gasteiger partial charge in [0.05, 0.1) is 12.2 Å². The highest BCUT2D eigenvalue weighted by molar-refractivity contribution is 6.39. The van der Waals surface area contributed by atoms with Crippen LogP contribution in [0.2, 0.25) is 0 Å². The lowest BCUT2D eigenvalue weighted by Gasteiger charge is -2.26. The standard InChI is InChI=1S/C27H21N3O4/c31-25-23(26(32)30(27(33)28-25)20-9-3-1-4-10-20)17-19-18-29(24-14-8-7-13-22(19)24)15-16-34-21-11-5-2-6-12-21/h1-14,17-18H,15-16H2,(H,28,31,33)/b23-17+. The smallest absolute Gasteiger partial charge is 0.335 e. The Labute approximate surface area is 195 Å². The lowest BCUT2D eigenvalue weighted by Crippen LogP contribution is -2.54. The average molecular weight is 451 g/mol. The summed E-state index contributed by atoms with van der Waals surface area (Å²) in [7, 11) is 0. The molecule has 0 radical (unpaired) electrons. The molecule has 1 fully saturated rings. The second-order valence-corrected chi connectivity index (χ2v) is 7.75. The minimum absolute atomic E-state index is 0.105. The molecule has 3 aromatic carbocycles. The van der Waals surface area contributed by atoms with E-state index in [9.17, 15) is 14.4 Å². The molecule has 0 aliphatic carbocycles. The number of urea groups is 1. The van der Waals surface area contributed by atoms with Gasteiger partial charge in [-0.3, -0.25) is 14.9 Å². The molecule has 168 valence electrons. The molecule has 1 saturated heterocycles. The number of hydrogen-bond acceptors (Lipinski definition) is 4. The first-order chi connectivity index (χ1) is 16.6. The van der Waals surface area contributed by atoms with Gasteiger partial charge < -0.3 is 9.30 Å². The number of fused-ring (bicyclic) bond motifs is 1. The zero-order valence-corrected chi connectivity index (χ0v) is 18.2. The maximum atomic E-state index is 13.2. The highest BCUT2D eigenvalue weighted by Gasteiger charge is 2.36. The number of rotatable bonds is 6. The number of nitrogens with one attached hydrogen (secondary N) is 1. The van der Waals surface area contributed by atoms with Crippen LogP contribution in [0.4, 0.5) is 10.5 Å². The van der Waals surface area contributed by atoms with Gasteiger partial charge in [-0.1, -0.05) is 54.6 Å². The fourth-order valence-electron chi connectivity index (χ4n) is 3.98. The fraction of sp³-hybridized carbons (Fsp3) is 0.0741. The summed E-state index contributed by atoms with van der Waals surface area (Å²) in [5.74, 6) is -0.591. The van der Waals surface area contributed by atoms with Crippen molar-refractivity contribution in [2.24, 2.45) is 0 Å². The van der Waals surface area contributed by atoms with Crippen molar-refractivity contribution >= 4 is 40.5 Å². The molecule has 0 bridgehead atoms. The van der Waals surface area contributed by atoms with Crippen molar-refractivity contribution in [2.45, 2.75) is 6.54 Å². The Morgan fingerprint density at radius 1 is 0.824 bits per heavy atom. The van der Waals surface area contributed by atoms with Gasteiger partial charge in [0.25, 0.3) is 11.8 Å². The van der Waals surface area contributed by atoms with Crippen LogP contribution in [0.1, 0.15) is 5.56 Å². The quantitative estimate of drug-likeness (QED) is 0.348. The topological polar surface area (TPSA) is 80.6 Å². The van der Waals surface area contributed by atoms with Crippen molar-refractivity contribution in [3.05, 3.63) is 102 Å². The van der Waals surface area contributed by atoms with Crippen LogP contribution in [-0.4, -0.2) is 29.0 Å². The van der Waals surface area contributed by atoms with Gasteiger partial charge in [0.1, 0.15) is 17.9 Å². The third-order valence-electron chi connectivity index (χ3n) is 5.58. The van der Waals surface area contributed by atoms with Crippen LogP contribution in [0.5, 0.6) is 5.75 Å². The molecule has 0 spiro atoms. The average Bonchev–Trinajstić information content (AvgIpc) is 3.20. The Morgan fingerprint density at radius 3 is 2.26 bits per heavy atom. The van der Waals surface area contributed by atoms with Crippen LogP contribution in [0.25, 0.3) is 17.0 Å². The zero-order valence-electron chi connectivity index (χ0n) is 18.2. The lowest BCUT2D eigenvalue weighted by atomic mass is 10.1. The number of ether oxygens (including phenoxy) is 1. The third-order valence-corrected chi connectivity index (χ3v) is 5.58. The van der Waals surface area contributed by atoms with Crippen LogP contribution in [-0.2, 0) is 16.1 Å². The van der Waals surface area contributed by atoms with Gasteiger partial charge in [-0.25, -0.2) is 9.69 Å². The molecule has 7 nitrogen and oxygen atoms in total. The molecule has 7 heteroatoms. The molecular formula is C27H21N3O4. The molecule has 4 aromatic rings. The van der Waals surface area contributed by atoms with Crippen LogP contribution in [0, 0.1) is 0 Å². The molecular weight excluding hydrogens is 430 g/mol. The normalized spacial score (nSPS) is 15.1. The van der Waals surface area contributed by atoms with E-state index in [4.69, 9.17) is 4.74 Å². The molecule has 0 atom stereocenters. The van der Waals surface area contributed by atoms with Crippen LogP contribution >= 0.6 is 0 Å². The van der Waals surface area contributed by atoms with Crippen LogP contribution in [0.15, 0.2) is 96.7 Å². The molecule has 1 aromatic heterocycles. The van der Waals surface area contributed by atoms with E-state index in [0.29, 0.717) is 24.4 Å². The highest BCUT2D eigenvalue weighted by atomic mass is 16.5. The SMILES string of the molecule is O=C1NC(=O)N(c2ccccc2)C(=O)/C1=C/c1cn(CCOc2ccccc2)c2ccccc12. The summed E-state index contributed by atoms with van der Waals surface area (Å²) in [6.07, 6.45) is 3.42. The van der Waals surface area contributed by atoms with Crippen molar-refractivity contribution in [2.75, 3.05) is 11.5 Å². The number of benzene rings is 3. The zero-order chi connectivity index (χ0) is 23.5. The van der Waals surface area contributed by atoms with Gasteiger partial charge in [0.2, 0.25) is 0 Å². The number of para-hydroxylation sites is 3. The number of nitrogens with zero attached hydrogens (tertiary/aromatic N) is 2. The monoisotopic (exact) mass is 451 g/mol. The fourth-order valence-corrected chi connectivity index (χ4v) is 3.98. The number of amides is 4. The Kier molecular flexibility index (Phi) is 5.66. The van der Waals surface area contributed by atoms with Crippen molar-refractivity contribution in [1.82, 2.24) is 9.88 Å². The number of imide groups is 2. The summed E-state index contributed by atoms with van der Waals surface area (Å²) in [6, 6.07) is 25.1. The molecule has 4 amide bonds. The molecule has 2 heterocycles. The van der Waals surface area contributed by atoms with E-state index in [2.05, 4.69) is 5.32 Å². The van der Waals surface area contributed by atoms with Crippen molar-refractivity contribution in [1.29, 1.82) is 0 Å². The summed E-state index contributed by atoms with van der Waals surface area (Å²) >= 11 is 0. The minimum atomic E-state index is -0.765. The Morgan fingerprint density at radius 2 is 1.50 bits per heavy atom. The van der Waals surface area contributed by atoms with E-state index < -0.39 is 17.8 Å². The van der Waals surface area contributed by atoms with E-state index >= 15 is 0 Å².